The van der Waals surface area contributed by atoms with Crippen molar-refractivity contribution in [3.8, 4) is 0 Å². The summed E-state index contributed by atoms with van der Waals surface area (Å²) in [5, 5.41) is 45.5. The van der Waals surface area contributed by atoms with Crippen molar-refractivity contribution in [1.29, 1.82) is 0 Å². The molecule has 0 unspecified atom stereocenters. The van der Waals surface area contributed by atoms with E-state index in [0.717, 1.165) is 5.56 Å². The highest BCUT2D eigenvalue weighted by atomic mass is 32.2. The molecule has 14 N–H and O–H groups in total. The van der Waals surface area contributed by atoms with Gasteiger partial charge in [-0.05, 0) is 48.7 Å². The average molecular weight is 896 g/mol. The van der Waals surface area contributed by atoms with Gasteiger partial charge in [-0.1, -0.05) is 64.4 Å². The third-order valence-electron chi connectivity index (χ3n) is 9.48. The van der Waals surface area contributed by atoms with Crippen LogP contribution in [-0.2, 0) is 54.4 Å². The predicted octanol–water partition coefficient (Wildman–Crippen LogP) is -3.15. The zero-order chi connectivity index (χ0) is 47.1. The number of hydrogen-bond acceptors (Lipinski definition) is 13. The second kappa shape index (κ2) is 27.9. The number of benzene rings is 1. The van der Waals surface area contributed by atoms with E-state index in [0.29, 0.717) is 6.42 Å². The molecule has 1 aromatic carbocycles. The zero-order valence-electron chi connectivity index (χ0n) is 35.4. The summed E-state index contributed by atoms with van der Waals surface area (Å²) in [6, 6.07) is -1.21. The third-order valence-corrected chi connectivity index (χ3v) is 10.1. The first kappa shape index (κ1) is 54.2. The lowest BCUT2D eigenvalue weighted by atomic mass is 9.97. The Balaban J connectivity index is 3.16. The molecule has 22 nitrogen and oxygen atoms in total. The third kappa shape index (κ3) is 19.7. The van der Waals surface area contributed by atoms with E-state index in [1.54, 1.807) is 64.3 Å². The molecule has 8 amide bonds. The van der Waals surface area contributed by atoms with Crippen LogP contribution in [0.1, 0.15) is 65.4 Å². The lowest BCUT2D eigenvalue weighted by Crippen LogP contribution is -2.61. The van der Waals surface area contributed by atoms with Crippen molar-refractivity contribution in [2.75, 3.05) is 25.2 Å². The normalized spacial score (nSPS) is 14.8. The number of rotatable bonds is 29. The summed E-state index contributed by atoms with van der Waals surface area (Å²) in [6.07, 6.45) is 0.253. The number of amides is 8. The predicted molar refractivity (Wildman–Crippen MR) is 225 cm³/mol. The van der Waals surface area contributed by atoms with Gasteiger partial charge >= 0.3 is 11.9 Å². The van der Waals surface area contributed by atoms with E-state index in [1.807, 2.05) is 0 Å². The van der Waals surface area contributed by atoms with Gasteiger partial charge in [0.15, 0.2) is 0 Å². The number of aliphatic hydroxyl groups is 1. The molecule has 0 aliphatic heterocycles. The number of carboxylic acids is 2. The maximum absolute atomic E-state index is 13.6. The van der Waals surface area contributed by atoms with E-state index in [2.05, 4.69) is 37.2 Å². The lowest BCUT2D eigenvalue weighted by molar-refractivity contribution is -0.144. The molecule has 1 rings (SSSR count). The van der Waals surface area contributed by atoms with Gasteiger partial charge in [0.1, 0.15) is 36.3 Å². The number of carboxylic acid groups (broad SMARTS) is 2. The van der Waals surface area contributed by atoms with Crippen molar-refractivity contribution in [2.45, 2.75) is 109 Å². The van der Waals surface area contributed by atoms with Crippen LogP contribution >= 0.6 is 11.8 Å². The fourth-order valence-electron chi connectivity index (χ4n) is 5.68. The molecule has 0 spiro atoms. The summed E-state index contributed by atoms with van der Waals surface area (Å²) in [5.41, 5.74) is 12.0. The van der Waals surface area contributed by atoms with Gasteiger partial charge in [-0.3, -0.25) is 43.2 Å². The maximum atomic E-state index is 13.6. The zero-order valence-corrected chi connectivity index (χ0v) is 36.3. The fourth-order valence-corrected chi connectivity index (χ4v) is 6.15. The Morgan fingerprint density at radius 3 is 1.73 bits per heavy atom. The Kier molecular flexibility index (Phi) is 24.4. The number of aliphatic hydroxyl groups excluding tert-OH is 1. The van der Waals surface area contributed by atoms with Gasteiger partial charge in [0.05, 0.1) is 25.6 Å². The highest BCUT2D eigenvalue weighted by Crippen LogP contribution is 2.11. The molecule has 62 heavy (non-hydrogen) atoms. The summed E-state index contributed by atoms with van der Waals surface area (Å²) < 4.78 is 0. The van der Waals surface area contributed by atoms with Gasteiger partial charge in [-0.15, -0.1) is 0 Å². The van der Waals surface area contributed by atoms with Gasteiger partial charge in [-0.2, -0.15) is 11.8 Å². The summed E-state index contributed by atoms with van der Waals surface area (Å²) in [4.78, 5) is 128. The van der Waals surface area contributed by atoms with E-state index in [-0.39, 0.29) is 18.6 Å². The minimum atomic E-state index is -1.70. The second-order valence-corrected chi connectivity index (χ2v) is 15.8. The van der Waals surface area contributed by atoms with Gasteiger partial charge in [0.2, 0.25) is 47.3 Å². The van der Waals surface area contributed by atoms with Crippen LogP contribution in [0.3, 0.4) is 0 Å². The van der Waals surface area contributed by atoms with Crippen molar-refractivity contribution < 1.29 is 63.3 Å². The van der Waals surface area contributed by atoms with Crippen LogP contribution in [0.2, 0.25) is 0 Å². The van der Waals surface area contributed by atoms with Crippen molar-refractivity contribution in [2.24, 2.45) is 23.3 Å². The molecule has 0 fully saturated rings. The van der Waals surface area contributed by atoms with Crippen molar-refractivity contribution in [3.05, 3.63) is 35.9 Å². The van der Waals surface area contributed by atoms with Gasteiger partial charge < -0.3 is 64.0 Å². The van der Waals surface area contributed by atoms with Crippen LogP contribution in [0.5, 0.6) is 0 Å². The first-order chi connectivity index (χ1) is 29.1. The number of aliphatic carboxylic acids is 2. The van der Waals surface area contributed by atoms with Gasteiger partial charge in [-0.25, -0.2) is 4.79 Å². The molecule has 0 aliphatic carbocycles. The Morgan fingerprint density at radius 2 is 1.23 bits per heavy atom. The highest BCUT2D eigenvalue weighted by Gasteiger charge is 2.35. The summed E-state index contributed by atoms with van der Waals surface area (Å²) in [7, 11) is 0. The maximum Gasteiger partial charge on any atom is 0.326 e. The average Bonchev–Trinajstić information content (AvgIpc) is 3.21. The van der Waals surface area contributed by atoms with E-state index < -0.39 is 146 Å². The Hall–Kier alpha value is -5.81. The standard InChI is InChI=1S/C39H61N9O13S/c1-6-21(4)32(39(60)61)48-38(59)31(20(2)3)47-37(58)27(19-49)46-35(56)25(14-15-62-5)45-34(55)24(12-13-30(52)53)44-36(57)26(17-28(41)50)43-29(51)18-42-33(54)23(40)16-22-10-8-7-9-11-22/h7-11,20-21,23-27,31-32,49H,6,12-19,40H2,1-5H3,(H2,41,50)(H,42,54)(H,43,51)(H,44,57)(H,45,55)(H,46,56)(H,47,58)(H,48,59)(H,52,53)(H,60,61)/t21-,23-,24-,25-,26-,27-,31-,32-/m0/s1. The number of thioether (sulfide) groups is 1. The van der Waals surface area contributed by atoms with E-state index in [9.17, 15) is 63.3 Å². The molecule has 8 atom stereocenters. The molecule has 0 bridgehead atoms. The highest BCUT2D eigenvalue weighted by molar-refractivity contribution is 7.98. The number of carbonyl (C=O) groups excluding carboxylic acids is 8. The molecule has 0 saturated carbocycles. The second-order valence-electron chi connectivity index (χ2n) is 14.8. The number of hydrogen-bond donors (Lipinski definition) is 12. The number of nitrogens with one attached hydrogen (secondary N) is 7. The number of primary amides is 1. The summed E-state index contributed by atoms with van der Waals surface area (Å²) >= 11 is 1.28. The Labute approximate surface area is 363 Å². The van der Waals surface area contributed by atoms with Crippen LogP contribution in [0.25, 0.3) is 0 Å². The summed E-state index contributed by atoms with van der Waals surface area (Å²) in [6.45, 7) is 4.90. The fraction of sp³-hybridized carbons (Fsp3) is 0.590. The summed E-state index contributed by atoms with van der Waals surface area (Å²) in [5.74, 6) is -11.1. The molecule has 0 saturated heterocycles. The first-order valence-corrected chi connectivity index (χ1v) is 21.3. The molecule has 346 valence electrons. The van der Waals surface area contributed by atoms with E-state index in [1.165, 1.54) is 11.8 Å². The molecule has 0 radical (unpaired) electrons. The molecular formula is C39H61N9O13S. The molecular weight excluding hydrogens is 835 g/mol. The van der Waals surface area contributed by atoms with Crippen LogP contribution in [0, 0.1) is 11.8 Å². The molecule has 23 heteroatoms. The van der Waals surface area contributed by atoms with Gasteiger partial charge in [0, 0.05) is 6.42 Å². The quantitative estimate of drug-likeness (QED) is 0.0378. The van der Waals surface area contributed by atoms with E-state index >= 15 is 0 Å². The Morgan fingerprint density at radius 1 is 0.694 bits per heavy atom. The topological polar surface area (TPSA) is 368 Å². The first-order valence-electron chi connectivity index (χ1n) is 19.9. The lowest BCUT2D eigenvalue weighted by Gasteiger charge is -2.28. The number of nitrogens with two attached hydrogens (primary N) is 2. The van der Waals surface area contributed by atoms with Gasteiger partial charge in [0.25, 0.3) is 0 Å². The molecule has 0 aromatic heterocycles. The smallest absolute Gasteiger partial charge is 0.326 e. The van der Waals surface area contributed by atoms with Crippen molar-refractivity contribution in [1.82, 2.24) is 37.2 Å². The molecule has 1 aromatic rings. The van der Waals surface area contributed by atoms with E-state index in [4.69, 9.17) is 11.5 Å². The molecule has 0 heterocycles. The minimum Gasteiger partial charge on any atom is -0.481 e. The van der Waals surface area contributed by atoms with Crippen LogP contribution in [0.4, 0.5) is 0 Å². The Bertz CT molecular complexity index is 1720. The van der Waals surface area contributed by atoms with Crippen LogP contribution < -0.4 is 48.7 Å². The monoisotopic (exact) mass is 895 g/mol. The minimum absolute atomic E-state index is 0.0671. The largest absolute Gasteiger partial charge is 0.481 e. The number of carbonyl (C=O) groups is 10. The SMILES string of the molecule is CC[C@H](C)[C@H](NC(=O)[C@@H](NC(=O)[C@H](CO)NC(=O)[C@H](CCSC)NC(=O)[C@H](CCC(=O)O)NC(=O)[C@H](CC(N)=O)NC(=O)CNC(=O)[C@@H](N)Cc1ccccc1)C(C)C)C(=O)O. The van der Waals surface area contributed by atoms with Crippen LogP contribution in [0.15, 0.2) is 30.3 Å². The molecule has 0 aliphatic rings. The van der Waals surface area contributed by atoms with Crippen molar-refractivity contribution in [3.63, 3.8) is 0 Å². The van der Waals surface area contributed by atoms with Crippen LogP contribution in [-0.4, -0.2) is 142 Å². The van der Waals surface area contributed by atoms with Crippen molar-refractivity contribution >= 4 is 71.0 Å².